The Labute approximate surface area is 166 Å². The second-order valence-corrected chi connectivity index (χ2v) is 7.44. The van der Waals surface area contributed by atoms with E-state index in [1.54, 1.807) is 6.07 Å². The molecule has 0 bridgehead atoms. The number of rotatable bonds is 6. The van der Waals surface area contributed by atoms with E-state index in [4.69, 9.17) is 4.42 Å². The van der Waals surface area contributed by atoms with Gasteiger partial charge in [-0.3, -0.25) is 9.69 Å². The number of hydrogen-bond acceptors (Lipinski definition) is 3. The van der Waals surface area contributed by atoms with E-state index in [0.717, 1.165) is 25.3 Å². The van der Waals surface area contributed by atoms with Crippen molar-refractivity contribution in [2.75, 3.05) is 13.1 Å². The SMILES string of the molecule is CCCNC(=O)c1ccc(CN2CCn3cccc3C2c2cccc(C)c2)o1. The molecule has 2 aromatic heterocycles. The number of furan rings is 1. The van der Waals surface area contributed by atoms with Gasteiger partial charge in [0.15, 0.2) is 5.76 Å². The summed E-state index contributed by atoms with van der Waals surface area (Å²) in [6.07, 6.45) is 3.06. The molecular weight excluding hydrogens is 350 g/mol. The second kappa shape index (κ2) is 8.07. The van der Waals surface area contributed by atoms with Crippen molar-refractivity contribution in [1.82, 2.24) is 14.8 Å². The number of aryl methyl sites for hydroxylation is 1. The van der Waals surface area contributed by atoms with Gasteiger partial charge >= 0.3 is 0 Å². The van der Waals surface area contributed by atoms with Crippen LogP contribution >= 0.6 is 0 Å². The van der Waals surface area contributed by atoms with Crippen LogP contribution in [0.15, 0.2) is 59.1 Å². The molecule has 0 fully saturated rings. The van der Waals surface area contributed by atoms with Crippen LogP contribution in [0.5, 0.6) is 0 Å². The van der Waals surface area contributed by atoms with Gasteiger partial charge in [0, 0.05) is 31.5 Å². The lowest BCUT2D eigenvalue weighted by atomic mass is 9.98. The third kappa shape index (κ3) is 3.76. The Morgan fingerprint density at radius 2 is 2.07 bits per heavy atom. The standard InChI is InChI=1S/C23H27N3O2/c1-3-11-24-23(27)21-10-9-19(28-21)16-26-14-13-25-12-5-8-20(25)22(26)18-7-4-6-17(2)15-18/h4-10,12,15,22H,3,11,13-14,16H2,1-2H3,(H,24,27). The van der Waals surface area contributed by atoms with Gasteiger partial charge in [0.25, 0.3) is 5.91 Å². The topological polar surface area (TPSA) is 50.4 Å². The van der Waals surface area contributed by atoms with Crippen LogP contribution in [0.1, 0.15) is 52.5 Å². The van der Waals surface area contributed by atoms with Crippen LogP contribution in [0.2, 0.25) is 0 Å². The molecule has 0 radical (unpaired) electrons. The first-order valence-electron chi connectivity index (χ1n) is 9.98. The highest BCUT2D eigenvalue weighted by Gasteiger charge is 2.29. The van der Waals surface area contributed by atoms with Crippen LogP contribution in [-0.2, 0) is 13.1 Å². The van der Waals surface area contributed by atoms with Crippen LogP contribution < -0.4 is 5.32 Å². The summed E-state index contributed by atoms with van der Waals surface area (Å²) < 4.78 is 8.19. The smallest absolute Gasteiger partial charge is 0.286 e. The summed E-state index contributed by atoms with van der Waals surface area (Å²) in [6.45, 7) is 7.38. The minimum atomic E-state index is -0.143. The lowest BCUT2D eigenvalue weighted by molar-refractivity contribution is 0.0919. The Balaban J connectivity index is 1.58. The predicted molar refractivity (Wildman–Crippen MR) is 109 cm³/mol. The van der Waals surface area contributed by atoms with Crippen LogP contribution in [0.4, 0.5) is 0 Å². The highest BCUT2D eigenvalue weighted by atomic mass is 16.4. The molecule has 1 atom stereocenters. The van der Waals surface area contributed by atoms with Crippen molar-refractivity contribution in [3.05, 3.63) is 83.1 Å². The van der Waals surface area contributed by atoms with Crippen molar-refractivity contribution in [1.29, 1.82) is 0 Å². The number of nitrogens with one attached hydrogen (secondary N) is 1. The number of benzene rings is 1. The zero-order chi connectivity index (χ0) is 19.5. The van der Waals surface area contributed by atoms with Crippen molar-refractivity contribution in [3.8, 4) is 0 Å². The molecule has 0 saturated carbocycles. The Hall–Kier alpha value is -2.79. The van der Waals surface area contributed by atoms with Gasteiger partial charge in [0.05, 0.1) is 12.6 Å². The number of hydrogen-bond donors (Lipinski definition) is 1. The van der Waals surface area contributed by atoms with Gasteiger partial charge in [-0.05, 0) is 43.2 Å². The van der Waals surface area contributed by atoms with Crippen molar-refractivity contribution >= 4 is 5.91 Å². The minimum Gasteiger partial charge on any atom is -0.455 e. The van der Waals surface area contributed by atoms with Gasteiger partial charge in [-0.2, -0.15) is 0 Å². The van der Waals surface area contributed by atoms with Crippen LogP contribution in [0.25, 0.3) is 0 Å². The molecule has 146 valence electrons. The Morgan fingerprint density at radius 1 is 1.18 bits per heavy atom. The molecule has 1 amide bonds. The van der Waals surface area contributed by atoms with Gasteiger partial charge in [-0.25, -0.2) is 0 Å². The fourth-order valence-electron chi connectivity index (χ4n) is 3.93. The van der Waals surface area contributed by atoms with Gasteiger partial charge in [-0.1, -0.05) is 36.8 Å². The molecule has 5 heteroatoms. The lowest BCUT2D eigenvalue weighted by Gasteiger charge is -2.37. The van der Waals surface area contributed by atoms with Gasteiger partial charge in [0.2, 0.25) is 0 Å². The normalized spacial score (nSPS) is 16.7. The molecule has 1 aromatic carbocycles. The highest BCUT2D eigenvalue weighted by Crippen LogP contribution is 2.34. The summed E-state index contributed by atoms with van der Waals surface area (Å²) in [7, 11) is 0. The van der Waals surface area contributed by atoms with Gasteiger partial charge in [0.1, 0.15) is 5.76 Å². The molecule has 4 rings (SSSR count). The fourth-order valence-corrected chi connectivity index (χ4v) is 3.93. The van der Waals surface area contributed by atoms with Crippen LogP contribution in [-0.4, -0.2) is 28.5 Å². The van der Waals surface area contributed by atoms with E-state index in [1.165, 1.54) is 16.8 Å². The van der Waals surface area contributed by atoms with Gasteiger partial charge in [-0.15, -0.1) is 0 Å². The van der Waals surface area contributed by atoms with E-state index in [0.29, 0.717) is 18.8 Å². The summed E-state index contributed by atoms with van der Waals surface area (Å²) in [6, 6.07) is 16.9. The predicted octanol–water partition coefficient (Wildman–Crippen LogP) is 4.13. The molecule has 0 saturated heterocycles. The van der Waals surface area contributed by atoms with E-state index < -0.39 is 0 Å². The molecule has 3 aromatic rings. The summed E-state index contributed by atoms with van der Waals surface area (Å²) in [5.41, 5.74) is 3.84. The van der Waals surface area contributed by atoms with Crippen molar-refractivity contribution < 1.29 is 9.21 Å². The Morgan fingerprint density at radius 3 is 2.89 bits per heavy atom. The first-order valence-corrected chi connectivity index (χ1v) is 9.98. The quantitative estimate of drug-likeness (QED) is 0.703. The maximum atomic E-state index is 12.1. The monoisotopic (exact) mass is 377 g/mol. The van der Waals surface area contributed by atoms with Crippen molar-refractivity contribution in [2.45, 2.75) is 39.4 Å². The number of carbonyl (C=O) groups excluding carboxylic acids is 1. The first kappa shape index (κ1) is 18.6. The molecule has 5 nitrogen and oxygen atoms in total. The largest absolute Gasteiger partial charge is 0.455 e. The maximum absolute atomic E-state index is 12.1. The second-order valence-electron chi connectivity index (χ2n) is 7.44. The third-order valence-electron chi connectivity index (χ3n) is 5.28. The molecule has 1 N–H and O–H groups in total. The third-order valence-corrected chi connectivity index (χ3v) is 5.28. The van der Waals surface area contributed by atoms with E-state index in [-0.39, 0.29) is 11.9 Å². The van der Waals surface area contributed by atoms with Crippen molar-refractivity contribution in [3.63, 3.8) is 0 Å². The minimum absolute atomic E-state index is 0.143. The number of aromatic nitrogens is 1. The van der Waals surface area contributed by atoms with E-state index in [2.05, 4.69) is 64.3 Å². The molecule has 28 heavy (non-hydrogen) atoms. The molecule has 1 unspecified atom stereocenters. The highest BCUT2D eigenvalue weighted by molar-refractivity contribution is 5.91. The summed E-state index contributed by atoms with van der Waals surface area (Å²) in [5.74, 6) is 1.06. The zero-order valence-corrected chi connectivity index (χ0v) is 16.5. The summed E-state index contributed by atoms with van der Waals surface area (Å²) >= 11 is 0. The number of nitrogens with zero attached hydrogens (tertiary/aromatic N) is 2. The molecular formula is C23H27N3O2. The fraction of sp³-hybridized carbons (Fsp3) is 0.348. The summed E-state index contributed by atoms with van der Waals surface area (Å²) in [5, 5.41) is 2.87. The van der Waals surface area contributed by atoms with E-state index in [1.807, 2.05) is 13.0 Å². The van der Waals surface area contributed by atoms with E-state index >= 15 is 0 Å². The number of carbonyl (C=O) groups is 1. The van der Waals surface area contributed by atoms with Gasteiger partial charge < -0.3 is 14.3 Å². The molecule has 1 aliphatic heterocycles. The maximum Gasteiger partial charge on any atom is 0.286 e. The average Bonchev–Trinajstić information content (AvgIpc) is 3.35. The Kier molecular flexibility index (Phi) is 5.35. The first-order chi connectivity index (χ1) is 13.7. The molecule has 1 aliphatic rings. The van der Waals surface area contributed by atoms with Crippen LogP contribution in [0.3, 0.4) is 0 Å². The zero-order valence-electron chi connectivity index (χ0n) is 16.5. The average molecular weight is 377 g/mol. The van der Waals surface area contributed by atoms with Crippen molar-refractivity contribution in [2.24, 2.45) is 0 Å². The molecule has 0 aliphatic carbocycles. The van der Waals surface area contributed by atoms with E-state index in [9.17, 15) is 4.79 Å². The number of fused-ring (bicyclic) bond motifs is 1. The lowest BCUT2D eigenvalue weighted by Crippen LogP contribution is -2.37. The molecule has 0 spiro atoms. The number of amides is 1. The molecule has 3 heterocycles. The Bertz CT molecular complexity index is 956. The summed E-state index contributed by atoms with van der Waals surface area (Å²) in [4.78, 5) is 14.6. The van der Waals surface area contributed by atoms with Crippen LogP contribution in [0, 0.1) is 6.92 Å².